The van der Waals surface area contributed by atoms with Gasteiger partial charge in [-0.25, -0.2) is 14.4 Å². The van der Waals surface area contributed by atoms with Crippen molar-refractivity contribution in [3.8, 4) is 0 Å². The molecule has 10 nitrogen and oxygen atoms in total. The molecule has 1 aliphatic heterocycles. The number of carboxylic acid groups (broad SMARTS) is 2. The second-order valence-electron chi connectivity index (χ2n) is 6.15. The van der Waals surface area contributed by atoms with Crippen LogP contribution in [0.5, 0.6) is 0 Å². The van der Waals surface area contributed by atoms with Crippen LogP contribution < -0.4 is 10.6 Å². The summed E-state index contributed by atoms with van der Waals surface area (Å²) in [5.74, 6) is -3.54. The Morgan fingerprint density at radius 3 is 1.90 bits per heavy atom. The van der Waals surface area contributed by atoms with Gasteiger partial charge in [0.05, 0.1) is 17.5 Å². The van der Waals surface area contributed by atoms with Gasteiger partial charge in [0.25, 0.3) is 0 Å². The van der Waals surface area contributed by atoms with E-state index in [2.05, 4.69) is 0 Å². The highest BCUT2D eigenvalue weighted by Gasteiger charge is 2.29. The number of urea groups is 1. The summed E-state index contributed by atoms with van der Waals surface area (Å²) in [4.78, 5) is 32.8. The standard InChI is InChI=1S/C15H14N2O2.C4H6O6/c16-15(19)17-12-7-3-1-5-10(12)9-14(18)11-6-2-4-8-13(11)17;5-1(3(7)8)2(6)4(9)10/h1-8,14,18H,9H2,(H2,16,19);1-2,5-6H,(H,7,8)(H,9,10)/t14-;1-,2-/m01/s1. The number of nitrogens with zero attached hydrogens (tertiary/aromatic N) is 1. The van der Waals surface area contributed by atoms with Crippen molar-refractivity contribution in [1.82, 2.24) is 0 Å². The van der Waals surface area contributed by atoms with Gasteiger partial charge in [-0.05, 0) is 17.7 Å². The number of hydrogen-bond acceptors (Lipinski definition) is 6. The van der Waals surface area contributed by atoms with Crippen molar-refractivity contribution < 1.29 is 39.9 Å². The number of amides is 2. The van der Waals surface area contributed by atoms with E-state index in [1.807, 2.05) is 42.5 Å². The lowest BCUT2D eigenvalue weighted by molar-refractivity contribution is -0.165. The van der Waals surface area contributed by atoms with Gasteiger partial charge in [0.1, 0.15) is 0 Å². The molecular weight excluding hydrogens is 384 g/mol. The van der Waals surface area contributed by atoms with Gasteiger partial charge in [0.15, 0.2) is 12.2 Å². The molecule has 3 rings (SSSR count). The third kappa shape index (κ3) is 4.88. The SMILES string of the molecule is NC(=O)N1c2ccccc2C[C@H](O)c2ccccc21.O=C(O)[C@H](O)[C@@H](O)C(=O)O. The van der Waals surface area contributed by atoms with Gasteiger partial charge in [-0.3, -0.25) is 4.90 Å². The van der Waals surface area contributed by atoms with Crippen LogP contribution in [0.3, 0.4) is 0 Å². The smallest absolute Gasteiger partial charge is 0.335 e. The number of aliphatic hydroxyl groups excluding tert-OH is 3. The molecule has 10 heteroatoms. The first kappa shape index (κ1) is 21.8. The number of nitrogens with two attached hydrogens (primary N) is 1. The van der Waals surface area contributed by atoms with E-state index in [9.17, 15) is 19.5 Å². The monoisotopic (exact) mass is 404 g/mol. The van der Waals surface area contributed by atoms with E-state index in [0.29, 0.717) is 12.1 Å². The average molecular weight is 404 g/mol. The molecule has 0 saturated carbocycles. The number of carbonyl (C=O) groups is 3. The van der Waals surface area contributed by atoms with Gasteiger partial charge in [0.2, 0.25) is 0 Å². The van der Waals surface area contributed by atoms with Gasteiger partial charge in [-0.2, -0.15) is 0 Å². The van der Waals surface area contributed by atoms with Crippen molar-refractivity contribution >= 4 is 29.3 Å². The van der Waals surface area contributed by atoms with E-state index < -0.39 is 36.3 Å². The molecule has 0 aromatic heterocycles. The van der Waals surface area contributed by atoms with Crippen molar-refractivity contribution in [2.75, 3.05) is 4.90 Å². The van der Waals surface area contributed by atoms with Crippen molar-refractivity contribution in [2.24, 2.45) is 5.73 Å². The van der Waals surface area contributed by atoms with E-state index >= 15 is 0 Å². The predicted octanol–water partition coefficient (Wildman–Crippen LogP) is 0.370. The van der Waals surface area contributed by atoms with Crippen molar-refractivity contribution in [1.29, 1.82) is 0 Å². The number of fused-ring (bicyclic) bond motifs is 2. The van der Waals surface area contributed by atoms with Crippen LogP contribution >= 0.6 is 0 Å². The molecule has 3 atom stereocenters. The Balaban J connectivity index is 0.000000257. The number of para-hydroxylation sites is 2. The highest BCUT2D eigenvalue weighted by atomic mass is 16.4. The molecule has 7 N–H and O–H groups in total. The summed E-state index contributed by atoms with van der Waals surface area (Å²) in [6.45, 7) is 0. The minimum absolute atomic E-state index is 0.469. The van der Waals surface area contributed by atoms with Crippen LogP contribution in [-0.2, 0) is 16.0 Å². The molecule has 0 fully saturated rings. The fraction of sp³-hybridized carbons (Fsp3) is 0.211. The molecule has 0 bridgehead atoms. The number of carboxylic acids is 2. The molecule has 2 amide bonds. The van der Waals surface area contributed by atoms with Crippen molar-refractivity contribution in [2.45, 2.75) is 24.7 Å². The second-order valence-corrected chi connectivity index (χ2v) is 6.15. The number of carbonyl (C=O) groups excluding carboxylic acids is 1. The van der Waals surface area contributed by atoms with E-state index in [4.69, 9.17) is 26.2 Å². The van der Waals surface area contributed by atoms with Crippen LogP contribution in [0.4, 0.5) is 16.2 Å². The van der Waals surface area contributed by atoms with Crippen LogP contribution in [0.1, 0.15) is 17.2 Å². The van der Waals surface area contributed by atoms with E-state index in [-0.39, 0.29) is 0 Å². The summed E-state index contributed by atoms with van der Waals surface area (Å²) >= 11 is 0. The van der Waals surface area contributed by atoms with E-state index in [0.717, 1.165) is 16.8 Å². The molecule has 0 unspecified atom stereocenters. The molecule has 29 heavy (non-hydrogen) atoms. The molecule has 1 heterocycles. The lowest BCUT2D eigenvalue weighted by Crippen LogP contribution is -2.39. The molecule has 0 spiro atoms. The zero-order valence-corrected chi connectivity index (χ0v) is 15.0. The summed E-state index contributed by atoms with van der Waals surface area (Å²) in [7, 11) is 0. The third-order valence-electron chi connectivity index (χ3n) is 4.21. The van der Waals surface area contributed by atoms with Gasteiger partial charge >= 0.3 is 18.0 Å². The summed E-state index contributed by atoms with van der Waals surface area (Å²) in [5.41, 5.74) is 8.53. The largest absolute Gasteiger partial charge is 0.479 e. The highest BCUT2D eigenvalue weighted by Crippen LogP contribution is 2.39. The molecule has 2 aromatic carbocycles. The molecule has 0 radical (unpaired) electrons. The van der Waals surface area contributed by atoms with E-state index in [1.54, 1.807) is 6.07 Å². The summed E-state index contributed by atoms with van der Waals surface area (Å²) < 4.78 is 0. The number of primary amides is 1. The minimum atomic E-state index is -2.27. The normalized spacial score (nSPS) is 16.8. The Kier molecular flexibility index (Phi) is 6.89. The number of hydrogen-bond donors (Lipinski definition) is 6. The number of benzene rings is 2. The van der Waals surface area contributed by atoms with Crippen LogP contribution in [0.15, 0.2) is 48.5 Å². The molecule has 2 aromatic rings. The fourth-order valence-corrected chi connectivity index (χ4v) is 2.83. The maximum Gasteiger partial charge on any atom is 0.335 e. The highest BCUT2D eigenvalue weighted by molar-refractivity contribution is 6.00. The Hall–Kier alpha value is -3.47. The Labute approximate surface area is 165 Å². The fourth-order valence-electron chi connectivity index (χ4n) is 2.83. The first-order chi connectivity index (χ1) is 13.6. The minimum Gasteiger partial charge on any atom is -0.479 e. The van der Waals surface area contributed by atoms with Crippen LogP contribution in [-0.4, -0.2) is 55.7 Å². The first-order valence-corrected chi connectivity index (χ1v) is 8.41. The van der Waals surface area contributed by atoms with Gasteiger partial charge < -0.3 is 31.3 Å². The molecule has 0 saturated heterocycles. The van der Waals surface area contributed by atoms with Gasteiger partial charge in [-0.15, -0.1) is 0 Å². The topological polar surface area (TPSA) is 182 Å². The zero-order chi connectivity index (χ0) is 21.7. The summed E-state index contributed by atoms with van der Waals surface area (Å²) in [6.07, 6.45) is -4.70. The number of rotatable bonds is 3. The third-order valence-corrected chi connectivity index (χ3v) is 4.21. The molecular formula is C19H20N2O8. The second kappa shape index (κ2) is 9.15. The quantitative estimate of drug-likeness (QED) is 0.424. The van der Waals surface area contributed by atoms with Gasteiger partial charge in [-0.1, -0.05) is 36.4 Å². The van der Waals surface area contributed by atoms with E-state index in [1.165, 1.54) is 4.90 Å². The Morgan fingerprint density at radius 1 is 0.897 bits per heavy atom. The summed E-state index contributed by atoms with van der Waals surface area (Å²) in [6, 6.07) is 14.2. The Morgan fingerprint density at radius 2 is 1.38 bits per heavy atom. The number of anilines is 2. The van der Waals surface area contributed by atoms with Gasteiger partial charge in [0, 0.05) is 12.0 Å². The maximum absolute atomic E-state index is 11.8. The average Bonchev–Trinajstić information content (AvgIpc) is 2.81. The van der Waals surface area contributed by atoms with Crippen LogP contribution in [0.2, 0.25) is 0 Å². The molecule has 1 aliphatic rings. The lowest BCUT2D eigenvalue weighted by atomic mass is 10.0. The van der Waals surface area contributed by atoms with Crippen molar-refractivity contribution in [3.63, 3.8) is 0 Å². The number of aliphatic carboxylic acids is 2. The lowest BCUT2D eigenvalue weighted by Gasteiger charge is -2.22. The molecule has 0 aliphatic carbocycles. The predicted molar refractivity (Wildman–Crippen MR) is 101 cm³/mol. The number of aliphatic hydroxyl groups is 3. The molecule has 154 valence electrons. The van der Waals surface area contributed by atoms with Crippen LogP contribution in [0.25, 0.3) is 0 Å². The van der Waals surface area contributed by atoms with Crippen LogP contribution in [0, 0.1) is 0 Å². The summed E-state index contributed by atoms with van der Waals surface area (Å²) in [5, 5.41) is 42.8. The van der Waals surface area contributed by atoms with Crippen molar-refractivity contribution in [3.05, 3.63) is 59.7 Å². The zero-order valence-electron chi connectivity index (χ0n) is 15.0. The first-order valence-electron chi connectivity index (χ1n) is 8.41. The Bertz CT molecular complexity index is 899. The maximum atomic E-state index is 11.8.